The van der Waals surface area contributed by atoms with Crippen LogP contribution in [0.15, 0.2) is 29.2 Å². The summed E-state index contributed by atoms with van der Waals surface area (Å²) in [6.45, 7) is 1.88. The van der Waals surface area contributed by atoms with Gasteiger partial charge in [-0.15, -0.1) is 0 Å². The zero-order valence-electron chi connectivity index (χ0n) is 11.8. The Balaban J connectivity index is 1.93. The molecule has 116 valence electrons. The number of rotatable bonds is 4. The molecule has 0 radical (unpaired) electrons. The number of aryl methyl sites for hydroxylation is 1. The molecule has 1 N–H and O–H groups in total. The van der Waals surface area contributed by atoms with E-state index in [9.17, 15) is 16.8 Å². The molecule has 1 aliphatic carbocycles. The zero-order chi connectivity index (χ0) is 15.3. The van der Waals surface area contributed by atoms with Gasteiger partial charge in [-0.05, 0) is 31.9 Å². The Bertz CT molecular complexity index is 734. The predicted octanol–water partition coefficient (Wildman–Crippen LogP) is 0.686. The van der Waals surface area contributed by atoms with Crippen molar-refractivity contribution in [1.82, 2.24) is 5.32 Å². The molecule has 1 aromatic rings. The molecular formula is C14H19NO4S2. The maximum absolute atomic E-state index is 12.7. The molecule has 21 heavy (non-hydrogen) atoms. The highest BCUT2D eigenvalue weighted by molar-refractivity contribution is 7.96. The van der Waals surface area contributed by atoms with E-state index in [1.54, 1.807) is 24.3 Å². The monoisotopic (exact) mass is 329 g/mol. The smallest absolute Gasteiger partial charge is 0.183 e. The fraction of sp³-hybridized carbons (Fsp3) is 0.571. The lowest BCUT2D eigenvalue weighted by molar-refractivity contribution is 0.524. The number of hydrogen-bond acceptors (Lipinski definition) is 5. The molecule has 1 heterocycles. The molecular weight excluding hydrogens is 310 g/mol. The van der Waals surface area contributed by atoms with Crippen LogP contribution in [0.5, 0.6) is 0 Å². The van der Waals surface area contributed by atoms with Gasteiger partial charge in [0.15, 0.2) is 19.7 Å². The zero-order valence-corrected chi connectivity index (χ0v) is 13.5. The van der Waals surface area contributed by atoms with Crippen molar-refractivity contribution in [3.05, 3.63) is 29.8 Å². The maximum Gasteiger partial charge on any atom is 0.183 e. The predicted molar refractivity (Wildman–Crippen MR) is 80.8 cm³/mol. The second-order valence-electron chi connectivity index (χ2n) is 6.02. The second-order valence-corrected chi connectivity index (χ2v) is 10.3. The lowest BCUT2D eigenvalue weighted by Crippen LogP contribution is -2.44. The van der Waals surface area contributed by atoms with Gasteiger partial charge in [0.1, 0.15) is 0 Å². The summed E-state index contributed by atoms with van der Waals surface area (Å²) in [5.41, 5.74) is 0.973. The third-order valence-corrected chi connectivity index (χ3v) is 8.24. The van der Waals surface area contributed by atoms with E-state index in [2.05, 4.69) is 5.32 Å². The van der Waals surface area contributed by atoms with Crippen LogP contribution in [0.3, 0.4) is 0 Å². The first-order valence-electron chi connectivity index (χ1n) is 7.05. The highest BCUT2D eigenvalue weighted by atomic mass is 32.2. The van der Waals surface area contributed by atoms with Crippen molar-refractivity contribution in [1.29, 1.82) is 0 Å². The van der Waals surface area contributed by atoms with Crippen LogP contribution in [0.25, 0.3) is 0 Å². The van der Waals surface area contributed by atoms with Crippen LogP contribution >= 0.6 is 0 Å². The van der Waals surface area contributed by atoms with Gasteiger partial charge in [-0.25, -0.2) is 16.8 Å². The summed E-state index contributed by atoms with van der Waals surface area (Å²) in [5.74, 6) is -0.368. The van der Waals surface area contributed by atoms with E-state index in [0.29, 0.717) is 0 Å². The van der Waals surface area contributed by atoms with E-state index in [1.807, 2.05) is 6.92 Å². The molecule has 2 atom stereocenters. The van der Waals surface area contributed by atoms with Crippen molar-refractivity contribution in [2.45, 2.75) is 42.0 Å². The quantitative estimate of drug-likeness (QED) is 0.879. The Morgan fingerprint density at radius 2 is 1.71 bits per heavy atom. The number of hydrogen-bond donors (Lipinski definition) is 1. The summed E-state index contributed by atoms with van der Waals surface area (Å²) in [7, 11) is -6.94. The fourth-order valence-corrected chi connectivity index (χ4v) is 7.41. The molecule has 0 amide bonds. The van der Waals surface area contributed by atoms with Gasteiger partial charge in [-0.1, -0.05) is 17.7 Å². The van der Waals surface area contributed by atoms with E-state index in [-0.39, 0.29) is 22.4 Å². The minimum absolute atomic E-state index is 0.0841. The van der Waals surface area contributed by atoms with Crippen molar-refractivity contribution in [2.75, 3.05) is 11.5 Å². The molecule has 0 aromatic heterocycles. The summed E-state index contributed by atoms with van der Waals surface area (Å²) in [4.78, 5) is 0.206. The first-order chi connectivity index (χ1) is 9.78. The molecule has 0 unspecified atom stereocenters. The van der Waals surface area contributed by atoms with Crippen LogP contribution in [0.2, 0.25) is 0 Å². The molecule has 1 aromatic carbocycles. The van der Waals surface area contributed by atoms with Crippen molar-refractivity contribution in [2.24, 2.45) is 0 Å². The summed E-state index contributed by atoms with van der Waals surface area (Å²) >= 11 is 0. The molecule has 2 aliphatic rings. The fourth-order valence-electron chi connectivity index (χ4n) is 2.73. The van der Waals surface area contributed by atoms with Crippen LogP contribution in [-0.2, 0) is 19.7 Å². The molecule has 7 heteroatoms. The van der Waals surface area contributed by atoms with E-state index in [4.69, 9.17) is 0 Å². The van der Waals surface area contributed by atoms with Crippen molar-refractivity contribution in [3.63, 3.8) is 0 Å². The van der Waals surface area contributed by atoms with Crippen molar-refractivity contribution < 1.29 is 16.8 Å². The van der Waals surface area contributed by atoms with Gasteiger partial charge in [0, 0.05) is 12.1 Å². The molecule has 1 saturated heterocycles. The first-order valence-corrected chi connectivity index (χ1v) is 10.4. The second kappa shape index (κ2) is 5.07. The summed E-state index contributed by atoms with van der Waals surface area (Å²) in [6.07, 6.45) is 1.99. The number of sulfone groups is 2. The first kappa shape index (κ1) is 15.0. The van der Waals surface area contributed by atoms with E-state index in [1.165, 1.54) is 0 Å². The highest BCUT2D eigenvalue weighted by Crippen LogP contribution is 2.29. The Morgan fingerprint density at radius 1 is 1.10 bits per heavy atom. The minimum atomic E-state index is -3.64. The van der Waals surface area contributed by atoms with E-state index in [0.717, 1.165) is 18.4 Å². The molecule has 3 rings (SSSR count). The van der Waals surface area contributed by atoms with Gasteiger partial charge in [-0.3, -0.25) is 0 Å². The van der Waals surface area contributed by atoms with Gasteiger partial charge in [0.25, 0.3) is 0 Å². The average Bonchev–Trinajstić information content (AvgIpc) is 3.13. The molecule has 5 nitrogen and oxygen atoms in total. The normalized spacial score (nSPS) is 28.6. The van der Waals surface area contributed by atoms with Gasteiger partial charge < -0.3 is 5.32 Å². The van der Waals surface area contributed by atoms with E-state index >= 15 is 0 Å². The SMILES string of the molecule is Cc1ccc(S(=O)(=O)[C@H]2CS(=O)(=O)C[C@@H]2NC2CC2)cc1. The van der Waals surface area contributed by atoms with Crippen LogP contribution in [0.1, 0.15) is 18.4 Å². The van der Waals surface area contributed by atoms with Gasteiger partial charge in [0.05, 0.1) is 21.7 Å². The molecule has 0 bridgehead atoms. The van der Waals surface area contributed by atoms with Crippen LogP contribution in [0.4, 0.5) is 0 Å². The summed E-state index contributed by atoms with van der Waals surface area (Å²) in [6, 6.07) is 6.38. The molecule has 0 spiro atoms. The van der Waals surface area contributed by atoms with Crippen LogP contribution in [-0.4, -0.2) is 45.7 Å². The van der Waals surface area contributed by atoms with Crippen LogP contribution < -0.4 is 5.32 Å². The third kappa shape index (κ3) is 3.14. The van der Waals surface area contributed by atoms with Crippen molar-refractivity contribution >= 4 is 19.7 Å². The molecule has 2 fully saturated rings. The average molecular weight is 329 g/mol. The summed E-state index contributed by atoms with van der Waals surface area (Å²) in [5, 5.41) is 2.30. The van der Waals surface area contributed by atoms with Crippen molar-refractivity contribution in [3.8, 4) is 0 Å². The van der Waals surface area contributed by atoms with Gasteiger partial charge in [0.2, 0.25) is 0 Å². The Hall–Kier alpha value is -0.920. The van der Waals surface area contributed by atoms with Crippen LogP contribution in [0, 0.1) is 6.92 Å². The molecule has 1 saturated carbocycles. The topological polar surface area (TPSA) is 80.3 Å². The minimum Gasteiger partial charge on any atom is -0.309 e. The maximum atomic E-state index is 12.7. The van der Waals surface area contributed by atoms with Gasteiger partial charge in [-0.2, -0.15) is 0 Å². The Morgan fingerprint density at radius 3 is 2.29 bits per heavy atom. The molecule has 1 aliphatic heterocycles. The standard InChI is InChI=1S/C14H19NO4S2/c1-10-2-6-12(7-3-10)21(18,19)14-9-20(16,17)8-13(14)15-11-4-5-11/h2-3,6-7,11,13-15H,4-5,8-9H2,1H3/t13-,14-/m0/s1. The highest BCUT2D eigenvalue weighted by Gasteiger charge is 2.47. The lowest BCUT2D eigenvalue weighted by Gasteiger charge is -2.19. The number of benzene rings is 1. The Labute approximate surface area is 125 Å². The van der Waals surface area contributed by atoms with Gasteiger partial charge >= 0.3 is 0 Å². The summed E-state index contributed by atoms with van der Waals surface area (Å²) < 4.78 is 49.2. The third-order valence-electron chi connectivity index (χ3n) is 4.08. The Kier molecular flexibility index (Phi) is 3.62. The number of nitrogens with one attached hydrogen (secondary N) is 1. The lowest BCUT2D eigenvalue weighted by atomic mass is 10.2. The largest absolute Gasteiger partial charge is 0.309 e. The van der Waals surface area contributed by atoms with E-state index < -0.39 is 31.0 Å².